The molecule has 0 N–H and O–H groups in total. The minimum atomic E-state index is -2.93. The summed E-state index contributed by atoms with van der Waals surface area (Å²) < 4.78 is 23.8. The largest absolute Gasteiger partial charge is 0.224 e. The third-order valence-electron chi connectivity index (χ3n) is 2.00. The summed E-state index contributed by atoms with van der Waals surface area (Å²) in [5.74, 6) is 0.280. The molecular formula is C8H7IO2S. The first-order valence-electron chi connectivity index (χ1n) is 3.61. The Hall–Kier alpha value is -0.100. The molecule has 2 rings (SSSR count). The first kappa shape index (κ1) is 8.50. The molecule has 0 saturated heterocycles. The molecule has 0 bridgehead atoms. The summed E-state index contributed by atoms with van der Waals surface area (Å²) in [4.78, 5) is 0.530. The molecule has 0 fully saturated rings. The number of benzene rings is 1. The van der Waals surface area contributed by atoms with E-state index in [0.717, 1.165) is 9.13 Å². The van der Waals surface area contributed by atoms with Crippen LogP contribution in [0.15, 0.2) is 23.1 Å². The van der Waals surface area contributed by atoms with E-state index in [-0.39, 0.29) is 5.75 Å². The Morgan fingerprint density at radius 2 is 2.08 bits per heavy atom. The summed E-state index contributed by atoms with van der Waals surface area (Å²) in [5.41, 5.74) is 0.974. The van der Waals surface area contributed by atoms with Crippen LogP contribution in [-0.4, -0.2) is 14.2 Å². The Balaban J connectivity index is 2.71. The van der Waals surface area contributed by atoms with Gasteiger partial charge in [0.1, 0.15) is 0 Å². The number of aryl methyl sites for hydroxylation is 1. The molecule has 0 radical (unpaired) electrons. The zero-order valence-electron chi connectivity index (χ0n) is 6.25. The third-order valence-corrected chi connectivity index (χ3v) is 4.48. The van der Waals surface area contributed by atoms with E-state index in [4.69, 9.17) is 0 Å². The van der Waals surface area contributed by atoms with Crippen molar-refractivity contribution in [2.45, 2.75) is 11.3 Å². The van der Waals surface area contributed by atoms with Crippen molar-refractivity contribution in [3.63, 3.8) is 0 Å². The molecule has 0 atom stereocenters. The highest BCUT2D eigenvalue weighted by atomic mass is 127. The molecule has 1 aromatic carbocycles. The van der Waals surface area contributed by atoms with E-state index >= 15 is 0 Å². The van der Waals surface area contributed by atoms with Gasteiger partial charge in [0, 0.05) is 3.57 Å². The van der Waals surface area contributed by atoms with Crippen molar-refractivity contribution in [2.75, 3.05) is 5.75 Å². The summed E-state index contributed by atoms with van der Waals surface area (Å²) in [6.45, 7) is 0. The van der Waals surface area contributed by atoms with Gasteiger partial charge in [0.05, 0.1) is 10.6 Å². The Bertz CT molecular complexity index is 423. The maximum atomic E-state index is 11.4. The minimum absolute atomic E-state index is 0.280. The van der Waals surface area contributed by atoms with E-state index in [2.05, 4.69) is 22.6 Å². The number of hydrogen-bond acceptors (Lipinski definition) is 2. The second kappa shape index (κ2) is 2.70. The first-order chi connectivity index (χ1) is 5.59. The van der Waals surface area contributed by atoms with Crippen LogP contribution < -0.4 is 0 Å². The molecule has 1 aliphatic heterocycles. The van der Waals surface area contributed by atoms with Gasteiger partial charge in [0.15, 0.2) is 9.84 Å². The highest BCUT2D eigenvalue weighted by molar-refractivity contribution is 14.1. The van der Waals surface area contributed by atoms with Gasteiger partial charge in [-0.1, -0.05) is 0 Å². The van der Waals surface area contributed by atoms with Crippen LogP contribution in [0.4, 0.5) is 0 Å². The van der Waals surface area contributed by atoms with Crippen LogP contribution in [0, 0.1) is 3.57 Å². The predicted octanol–water partition coefficient (Wildman–Crippen LogP) is 1.62. The van der Waals surface area contributed by atoms with Crippen molar-refractivity contribution in [3.8, 4) is 0 Å². The second-order valence-corrected chi connectivity index (χ2v) is 6.14. The average Bonchev–Trinajstić information content (AvgIpc) is 2.27. The van der Waals surface area contributed by atoms with Gasteiger partial charge in [0.2, 0.25) is 0 Å². The van der Waals surface area contributed by atoms with Gasteiger partial charge in [-0.15, -0.1) is 0 Å². The quantitative estimate of drug-likeness (QED) is 0.681. The topological polar surface area (TPSA) is 34.1 Å². The molecule has 0 unspecified atom stereocenters. The van der Waals surface area contributed by atoms with Crippen molar-refractivity contribution in [2.24, 2.45) is 0 Å². The van der Waals surface area contributed by atoms with Crippen molar-refractivity contribution < 1.29 is 8.42 Å². The standard InChI is InChI=1S/C8H7IO2S/c9-7-1-2-8-6(5-7)3-4-12(8,10)11/h1-2,5H,3-4H2. The normalized spacial score (nSPS) is 19.1. The Morgan fingerprint density at radius 1 is 1.33 bits per heavy atom. The summed E-state index contributed by atoms with van der Waals surface area (Å²) in [5, 5.41) is 0. The zero-order chi connectivity index (χ0) is 8.77. The Labute approximate surface area is 85.0 Å². The third kappa shape index (κ3) is 1.26. The number of hydrogen-bond donors (Lipinski definition) is 0. The number of sulfone groups is 1. The van der Waals surface area contributed by atoms with E-state index in [1.807, 2.05) is 12.1 Å². The highest BCUT2D eigenvalue weighted by Crippen LogP contribution is 2.26. The number of rotatable bonds is 0. The van der Waals surface area contributed by atoms with Gasteiger partial charge in [-0.3, -0.25) is 0 Å². The molecular weight excluding hydrogens is 287 g/mol. The molecule has 1 aliphatic rings. The van der Waals surface area contributed by atoms with E-state index in [1.165, 1.54) is 0 Å². The average molecular weight is 294 g/mol. The zero-order valence-corrected chi connectivity index (χ0v) is 9.22. The lowest BCUT2D eigenvalue weighted by atomic mass is 10.2. The van der Waals surface area contributed by atoms with Crippen LogP contribution in [0.25, 0.3) is 0 Å². The molecule has 0 amide bonds. The van der Waals surface area contributed by atoms with Crippen molar-refractivity contribution in [1.82, 2.24) is 0 Å². The van der Waals surface area contributed by atoms with E-state index in [1.54, 1.807) is 6.07 Å². The van der Waals surface area contributed by atoms with E-state index < -0.39 is 9.84 Å². The predicted molar refractivity (Wildman–Crippen MR) is 54.9 cm³/mol. The van der Waals surface area contributed by atoms with Crippen molar-refractivity contribution in [1.29, 1.82) is 0 Å². The van der Waals surface area contributed by atoms with Crippen LogP contribution in [0.3, 0.4) is 0 Å². The minimum Gasteiger partial charge on any atom is -0.224 e. The SMILES string of the molecule is O=S1(=O)CCc2cc(I)ccc21. The van der Waals surface area contributed by atoms with Crippen LogP contribution >= 0.6 is 22.6 Å². The molecule has 12 heavy (non-hydrogen) atoms. The van der Waals surface area contributed by atoms with Gasteiger partial charge < -0.3 is 0 Å². The lowest BCUT2D eigenvalue weighted by molar-refractivity contribution is 0.600. The van der Waals surface area contributed by atoms with Crippen molar-refractivity contribution in [3.05, 3.63) is 27.3 Å². The molecule has 0 aromatic heterocycles. The summed E-state index contributed by atoms with van der Waals surface area (Å²) in [7, 11) is -2.93. The lowest BCUT2D eigenvalue weighted by Gasteiger charge is -1.97. The highest BCUT2D eigenvalue weighted by Gasteiger charge is 2.25. The van der Waals surface area contributed by atoms with Gasteiger partial charge in [0.25, 0.3) is 0 Å². The molecule has 2 nitrogen and oxygen atoms in total. The summed E-state index contributed by atoms with van der Waals surface area (Å²) in [6, 6.07) is 5.49. The van der Waals surface area contributed by atoms with E-state index in [9.17, 15) is 8.42 Å². The van der Waals surface area contributed by atoms with Crippen LogP contribution in [0.1, 0.15) is 5.56 Å². The summed E-state index contributed by atoms with van der Waals surface area (Å²) >= 11 is 2.19. The molecule has 0 aliphatic carbocycles. The smallest absolute Gasteiger partial charge is 0.178 e. The second-order valence-electron chi connectivity index (χ2n) is 2.82. The van der Waals surface area contributed by atoms with Gasteiger partial charge >= 0.3 is 0 Å². The molecule has 4 heteroatoms. The van der Waals surface area contributed by atoms with Crippen LogP contribution in [0.2, 0.25) is 0 Å². The van der Waals surface area contributed by atoms with E-state index in [0.29, 0.717) is 11.3 Å². The monoisotopic (exact) mass is 294 g/mol. The van der Waals surface area contributed by atoms with Gasteiger partial charge in [-0.05, 0) is 52.8 Å². The molecule has 0 saturated carbocycles. The number of halogens is 1. The Morgan fingerprint density at radius 3 is 2.83 bits per heavy atom. The first-order valence-corrected chi connectivity index (χ1v) is 6.34. The van der Waals surface area contributed by atoms with Crippen LogP contribution in [-0.2, 0) is 16.3 Å². The summed E-state index contributed by atoms with van der Waals surface area (Å²) in [6.07, 6.45) is 0.675. The molecule has 1 aromatic rings. The van der Waals surface area contributed by atoms with Gasteiger partial charge in [-0.2, -0.15) is 0 Å². The van der Waals surface area contributed by atoms with Gasteiger partial charge in [-0.25, -0.2) is 8.42 Å². The molecule has 64 valence electrons. The Kier molecular flexibility index (Phi) is 1.91. The van der Waals surface area contributed by atoms with Crippen molar-refractivity contribution >= 4 is 32.4 Å². The van der Waals surface area contributed by atoms with Crippen LogP contribution in [0.5, 0.6) is 0 Å². The maximum Gasteiger partial charge on any atom is 0.178 e. The fourth-order valence-electron chi connectivity index (χ4n) is 1.40. The fourth-order valence-corrected chi connectivity index (χ4v) is 3.50. The number of fused-ring (bicyclic) bond motifs is 1. The molecule has 0 spiro atoms. The lowest BCUT2D eigenvalue weighted by Crippen LogP contribution is -1.98. The fraction of sp³-hybridized carbons (Fsp3) is 0.250. The molecule has 1 heterocycles. The maximum absolute atomic E-state index is 11.4.